The van der Waals surface area contributed by atoms with Crippen LogP contribution >= 0.6 is 0 Å². The SMILES string of the molecule is Cc1ccc(C(=O)Nc2ccc(C(=O)NNC(=O)[C@@H]3[C@@H](C(=O)O)[C@H]4C=C[C@@]3(C)O4)cc2)cc1. The second kappa shape index (κ2) is 8.51. The Labute approximate surface area is 189 Å². The average molecular weight is 449 g/mol. The van der Waals surface area contributed by atoms with Crippen LogP contribution in [0.4, 0.5) is 5.69 Å². The molecule has 2 heterocycles. The number of carbonyl (C=O) groups is 4. The third-order valence-electron chi connectivity index (χ3n) is 5.92. The van der Waals surface area contributed by atoms with Crippen LogP contribution in [-0.4, -0.2) is 40.5 Å². The van der Waals surface area contributed by atoms with Gasteiger partial charge in [-0.05, 0) is 50.2 Å². The summed E-state index contributed by atoms with van der Waals surface area (Å²) in [5.41, 5.74) is 5.88. The molecule has 0 radical (unpaired) electrons. The first-order valence-electron chi connectivity index (χ1n) is 10.4. The molecule has 3 amide bonds. The number of aliphatic carboxylic acids is 1. The van der Waals surface area contributed by atoms with Gasteiger partial charge in [-0.2, -0.15) is 0 Å². The fourth-order valence-corrected chi connectivity index (χ4v) is 4.16. The van der Waals surface area contributed by atoms with Crippen molar-refractivity contribution in [3.05, 3.63) is 77.4 Å². The number of hydrazine groups is 1. The lowest BCUT2D eigenvalue weighted by atomic mass is 9.76. The Morgan fingerprint density at radius 2 is 1.52 bits per heavy atom. The summed E-state index contributed by atoms with van der Waals surface area (Å²) in [5, 5.41) is 12.2. The van der Waals surface area contributed by atoms with Crippen molar-refractivity contribution in [1.82, 2.24) is 10.9 Å². The molecular formula is C24H23N3O6. The van der Waals surface area contributed by atoms with E-state index >= 15 is 0 Å². The van der Waals surface area contributed by atoms with E-state index in [1.807, 2.05) is 19.1 Å². The van der Waals surface area contributed by atoms with E-state index in [-0.39, 0.29) is 11.5 Å². The van der Waals surface area contributed by atoms with Gasteiger partial charge in [0.1, 0.15) is 5.92 Å². The highest BCUT2D eigenvalue weighted by Gasteiger charge is 2.59. The third-order valence-corrected chi connectivity index (χ3v) is 5.92. The number of amides is 3. The van der Waals surface area contributed by atoms with Crippen molar-refractivity contribution < 1.29 is 29.0 Å². The molecule has 170 valence electrons. The molecule has 0 saturated carbocycles. The van der Waals surface area contributed by atoms with Crippen molar-refractivity contribution in [2.24, 2.45) is 11.8 Å². The zero-order valence-electron chi connectivity index (χ0n) is 18.0. The maximum atomic E-state index is 12.7. The fourth-order valence-electron chi connectivity index (χ4n) is 4.16. The van der Waals surface area contributed by atoms with Crippen LogP contribution in [0.1, 0.15) is 33.2 Å². The van der Waals surface area contributed by atoms with Gasteiger partial charge in [-0.15, -0.1) is 0 Å². The highest BCUT2D eigenvalue weighted by atomic mass is 16.5. The summed E-state index contributed by atoms with van der Waals surface area (Å²) >= 11 is 0. The first-order chi connectivity index (χ1) is 15.7. The molecule has 33 heavy (non-hydrogen) atoms. The summed E-state index contributed by atoms with van der Waals surface area (Å²) in [7, 11) is 0. The fraction of sp³-hybridized carbons (Fsp3) is 0.250. The molecule has 4 atom stereocenters. The van der Waals surface area contributed by atoms with E-state index in [4.69, 9.17) is 4.74 Å². The summed E-state index contributed by atoms with van der Waals surface area (Å²) in [6.45, 7) is 3.57. The van der Waals surface area contributed by atoms with Crippen LogP contribution in [0, 0.1) is 18.8 Å². The summed E-state index contributed by atoms with van der Waals surface area (Å²) in [4.78, 5) is 49.0. The summed E-state index contributed by atoms with van der Waals surface area (Å²) in [6.07, 6.45) is 2.63. The van der Waals surface area contributed by atoms with Crippen LogP contribution in [0.5, 0.6) is 0 Å². The summed E-state index contributed by atoms with van der Waals surface area (Å²) in [5.74, 6) is -4.66. The van der Waals surface area contributed by atoms with Gasteiger partial charge in [0, 0.05) is 16.8 Å². The number of aryl methyl sites for hydroxylation is 1. The first-order valence-corrected chi connectivity index (χ1v) is 10.4. The minimum absolute atomic E-state index is 0.244. The van der Waals surface area contributed by atoms with Crippen molar-refractivity contribution in [1.29, 1.82) is 0 Å². The van der Waals surface area contributed by atoms with Crippen LogP contribution in [0.2, 0.25) is 0 Å². The predicted octanol–water partition coefficient (Wildman–Crippen LogP) is 2.05. The van der Waals surface area contributed by atoms with Crippen LogP contribution in [0.3, 0.4) is 0 Å². The lowest BCUT2D eigenvalue weighted by Gasteiger charge is -2.27. The standard InChI is InChI=1S/C24H23N3O6/c1-13-3-5-14(6-4-13)20(28)25-16-9-7-15(8-10-16)21(29)26-27-22(30)19-18(23(31)32)17-11-12-24(19,2)33-17/h3-12,17-19H,1-2H3,(H,25,28)(H,26,29)(H,27,30)(H,31,32)/t17-,18+,19+,24-/m1/s1. The van der Waals surface area contributed by atoms with E-state index in [1.54, 1.807) is 43.3 Å². The third kappa shape index (κ3) is 4.35. The van der Waals surface area contributed by atoms with Crippen molar-refractivity contribution in [3.8, 4) is 0 Å². The van der Waals surface area contributed by atoms with Gasteiger partial charge < -0.3 is 15.2 Å². The molecular weight excluding hydrogens is 426 g/mol. The van der Waals surface area contributed by atoms with E-state index in [9.17, 15) is 24.3 Å². The quantitative estimate of drug-likeness (QED) is 0.408. The highest BCUT2D eigenvalue weighted by molar-refractivity contribution is 6.04. The number of nitrogens with one attached hydrogen (secondary N) is 3. The van der Waals surface area contributed by atoms with Crippen molar-refractivity contribution in [3.63, 3.8) is 0 Å². The number of anilines is 1. The maximum Gasteiger partial charge on any atom is 0.310 e. The monoisotopic (exact) mass is 449 g/mol. The predicted molar refractivity (Wildman–Crippen MR) is 118 cm³/mol. The molecule has 0 aromatic heterocycles. The van der Waals surface area contributed by atoms with E-state index < -0.39 is 41.3 Å². The normalized spacial score (nSPS) is 24.8. The largest absolute Gasteiger partial charge is 0.481 e. The van der Waals surface area contributed by atoms with E-state index in [2.05, 4.69) is 16.2 Å². The highest BCUT2D eigenvalue weighted by Crippen LogP contribution is 2.46. The number of fused-ring (bicyclic) bond motifs is 2. The van der Waals surface area contributed by atoms with Gasteiger partial charge in [0.2, 0.25) is 5.91 Å². The lowest BCUT2D eigenvalue weighted by Crippen LogP contribution is -2.52. The number of carbonyl (C=O) groups excluding carboxylic acids is 3. The molecule has 0 unspecified atom stereocenters. The van der Waals surface area contributed by atoms with Crippen molar-refractivity contribution in [2.75, 3.05) is 5.32 Å². The Balaban J connectivity index is 1.35. The van der Waals surface area contributed by atoms with Crippen LogP contribution in [0.15, 0.2) is 60.7 Å². The molecule has 2 aliphatic heterocycles. The van der Waals surface area contributed by atoms with E-state index in [0.717, 1.165) is 5.56 Å². The van der Waals surface area contributed by atoms with Gasteiger partial charge >= 0.3 is 5.97 Å². The van der Waals surface area contributed by atoms with Crippen molar-refractivity contribution in [2.45, 2.75) is 25.6 Å². The van der Waals surface area contributed by atoms with Crippen molar-refractivity contribution >= 4 is 29.4 Å². The molecule has 2 aromatic carbocycles. The second-order valence-electron chi connectivity index (χ2n) is 8.31. The van der Waals surface area contributed by atoms with Gasteiger partial charge in [-0.1, -0.05) is 29.8 Å². The minimum Gasteiger partial charge on any atom is -0.481 e. The van der Waals surface area contributed by atoms with Crippen LogP contribution < -0.4 is 16.2 Å². The maximum absolute atomic E-state index is 12.7. The number of ether oxygens (including phenoxy) is 1. The number of hydrogen-bond acceptors (Lipinski definition) is 5. The Morgan fingerprint density at radius 1 is 0.909 bits per heavy atom. The minimum atomic E-state index is -1.14. The van der Waals surface area contributed by atoms with Gasteiger partial charge in [0.15, 0.2) is 0 Å². The molecule has 0 aliphatic carbocycles. The van der Waals surface area contributed by atoms with Gasteiger partial charge in [0.25, 0.3) is 11.8 Å². The second-order valence-corrected chi connectivity index (χ2v) is 8.31. The first kappa shape index (κ1) is 22.2. The zero-order chi connectivity index (χ0) is 23.8. The number of carboxylic acids is 1. The molecule has 4 N–H and O–H groups in total. The molecule has 0 spiro atoms. The Kier molecular flexibility index (Phi) is 5.73. The summed E-state index contributed by atoms with van der Waals surface area (Å²) in [6, 6.07) is 13.3. The van der Waals surface area contributed by atoms with Gasteiger partial charge in [-0.3, -0.25) is 30.0 Å². The number of rotatable bonds is 5. The van der Waals surface area contributed by atoms with Crippen LogP contribution in [0.25, 0.3) is 0 Å². The molecule has 2 aromatic rings. The Hall–Kier alpha value is -3.98. The number of benzene rings is 2. The average Bonchev–Trinajstić information content (AvgIpc) is 3.32. The molecule has 9 nitrogen and oxygen atoms in total. The van der Waals surface area contributed by atoms with Crippen LogP contribution in [-0.2, 0) is 14.3 Å². The summed E-state index contributed by atoms with van der Waals surface area (Å²) < 4.78 is 5.64. The number of carboxylic acid groups (broad SMARTS) is 1. The van der Waals surface area contributed by atoms with Gasteiger partial charge in [-0.25, -0.2) is 0 Å². The number of hydrogen-bond donors (Lipinski definition) is 4. The topological polar surface area (TPSA) is 134 Å². The molecule has 2 bridgehead atoms. The lowest BCUT2D eigenvalue weighted by molar-refractivity contribution is -0.147. The zero-order valence-corrected chi connectivity index (χ0v) is 18.0. The molecule has 1 fully saturated rings. The Morgan fingerprint density at radius 3 is 2.15 bits per heavy atom. The smallest absolute Gasteiger partial charge is 0.310 e. The van der Waals surface area contributed by atoms with E-state index in [0.29, 0.717) is 11.3 Å². The molecule has 2 aliphatic rings. The molecule has 1 saturated heterocycles. The van der Waals surface area contributed by atoms with Gasteiger partial charge in [0.05, 0.1) is 17.6 Å². The Bertz CT molecular complexity index is 1140. The molecule has 4 rings (SSSR count). The molecule has 9 heteroatoms. The van der Waals surface area contributed by atoms with E-state index in [1.165, 1.54) is 12.1 Å².